The van der Waals surface area contributed by atoms with Gasteiger partial charge in [0.2, 0.25) is 15.9 Å². The van der Waals surface area contributed by atoms with Crippen LogP contribution >= 0.6 is 0 Å². The van der Waals surface area contributed by atoms with Crippen LogP contribution in [0.25, 0.3) is 0 Å². The highest BCUT2D eigenvalue weighted by atomic mass is 32.2. The number of carbonyl (C=O) groups is 1. The quantitative estimate of drug-likeness (QED) is 0.513. The zero-order valence-electron chi connectivity index (χ0n) is 19.2. The van der Waals surface area contributed by atoms with E-state index in [0.29, 0.717) is 43.7 Å². The summed E-state index contributed by atoms with van der Waals surface area (Å²) in [5.41, 5.74) is 1.85. The number of rotatable bonds is 5. The summed E-state index contributed by atoms with van der Waals surface area (Å²) >= 11 is 0. The molecule has 3 aliphatic rings. The van der Waals surface area contributed by atoms with E-state index >= 15 is 0 Å². The average molecular weight is 485 g/mol. The van der Waals surface area contributed by atoms with Gasteiger partial charge in [-0.05, 0) is 37.3 Å². The number of sulfonamides is 1. The molecular formula is C24H32N6O3S. The number of nitrogens with zero attached hydrogens (tertiary/aromatic N) is 2. The largest absolute Gasteiger partial charge is 0.380 e. The van der Waals surface area contributed by atoms with Crippen LogP contribution in [0.4, 0.5) is 11.5 Å². The zero-order valence-corrected chi connectivity index (χ0v) is 20.0. The maximum atomic E-state index is 13.4. The fourth-order valence-electron chi connectivity index (χ4n) is 5.17. The van der Waals surface area contributed by atoms with Crippen molar-refractivity contribution in [3.8, 4) is 0 Å². The molecule has 1 aromatic carbocycles. The number of hydrogen-bond donors (Lipinski definition) is 4. The maximum absolute atomic E-state index is 13.4. The Morgan fingerprint density at radius 2 is 1.79 bits per heavy atom. The van der Waals surface area contributed by atoms with Crippen molar-refractivity contribution in [1.82, 2.24) is 19.9 Å². The van der Waals surface area contributed by atoms with Gasteiger partial charge < -0.3 is 20.9 Å². The number of aromatic nitrogens is 1. The van der Waals surface area contributed by atoms with Gasteiger partial charge in [0.05, 0.1) is 11.7 Å². The first kappa shape index (κ1) is 23.1. The lowest BCUT2D eigenvalue weighted by Gasteiger charge is -2.40. The molecule has 1 aromatic heterocycles. The van der Waals surface area contributed by atoms with E-state index in [4.69, 9.17) is 0 Å². The monoisotopic (exact) mass is 484 g/mol. The molecule has 1 amide bonds. The molecule has 1 atom stereocenters. The van der Waals surface area contributed by atoms with Crippen LogP contribution in [0.2, 0.25) is 0 Å². The predicted molar refractivity (Wildman–Crippen MR) is 131 cm³/mol. The molecule has 0 spiro atoms. The van der Waals surface area contributed by atoms with Crippen LogP contribution in [0.15, 0.2) is 47.5 Å². The van der Waals surface area contributed by atoms with Crippen molar-refractivity contribution in [2.75, 3.05) is 43.4 Å². The van der Waals surface area contributed by atoms with Crippen LogP contribution in [-0.2, 0) is 14.8 Å². The van der Waals surface area contributed by atoms with Gasteiger partial charge in [-0.1, -0.05) is 30.3 Å². The van der Waals surface area contributed by atoms with E-state index in [1.165, 1.54) is 6.20 Å². The number of nitrogens with one attached hydrogen (secondary N) is 4. The fraction of sp³-hybridized carbons (Fsp3) is 0.500. The molecule has 2 fully saturated rings. The molecule has 0 radical (unpaired) electrons. The van der Waals surface area contributed by atoms with Crippen LogP contribution in [0.1, 0.15) is 37.3 Å². The first-order chi connectivity index (χ1) is 16.5. The van der Waals surface area contributed by atoms with E-state index in [1.807, 2.05) is 23.1 Å². The molecule has 182 valence electrons. The van der Waals surface area contributed by atoms with Gasteiger partial charge in [-0.3, -0.25) is 4.79 Å². The number of hydrogen-bond acceptors (Lipinski definition) is 7. The Morgan fingerprint density at radius 1 is 1.03 bits per heavy atom. The number of fused-ring (bicyclic) bond motifs is 1. The molecule has 2 aliphatic heterocycles. The second kappa shape index (κ2) is 9.89. The molecular weight excluding hydrogens is 452 g/mol. The molecule has 3 heterocycles. The van der Waals surface area contributed by atoms with Gasteiger partial charge in [0, 0.05) is 50.9 Å². The highest BCUT2D eigenvalue weighted by Gasteiger charge is 2.35. The van der Waals surface area contributed by atoms with Gasteiger partial charge in [0.15, 0.2) is 0 Å². The van der Waals surface area contributed by atoms with E-state index in [-0.39, 0.29) is 28.8 Å². The number of carbonyl (C=O) groups excluding carboxylic acids is 1. The number of piperazine rings is 1. The Hall–Kier alpha value is -2.69. The van der Waals surface area contributed by atoms with Gasteiger partial charge in [0.1, 0.15) is 10.7 Å². The molecule has 0 bridgehead atoms. The van der Waals surface area contributed by atoms with Crippen molar-refractivity contribution in [3.63, 3.8) is 0 Å². The number of amides is 1. The van der Waals surface area contributed by atoms with E-state index < -0.39 is 10.0 Å². The first-order valence-electron chi connectivity index (χ1n) is 12.1. The third kappa shape index (κ3) is 4.89. The van der Waals surface area contributed by atoms with Crippen molar-refractivity contribution in [1.29, 1.82) is 0 Å². The number of benzene rings is 1. The zero-order chi connectivity index (χ0) is 23.5. The SMILES string of the molecule is O=C(C1CCC(NS(=O)(=O)c2cnc3c(c2)NCCN3)CC1)N1CCNCC1c1ccccc1. The molecule has 1 aliphatic carbocycles. The highest BCUT2D eigenvalue weighted by Crippen LogP contribution is 2.31. The Morgan fingerprint density at radius 3 is 2.59 bits per heavy atom. The predicted octanol–water partition coefficient (Wildman–Crippen LogP) is 1.93. The summed E-state index contributed by atoms with van der Waals surface area (Å²) in [6.07, 6.45) is 4.06. The smallest absolute Gasteiger partial charge is 0.242 e. The van der Waals surface area contributed by atoms with Crippen LogP contribution < -0.4 is 20.7 Å². The van der Waals surface area contributed by atoms with Gasteiger partial charge in [0.25, 0.3) is 0 Å². The summed E-state index contributed by atoms with van der Waals surface area (Å²) < 4.78 is 28.8. The molecule has 1 saturated heterocycles. The highest BCUT2D eigenvalue weighted by molar-refractivity contribution is 7.89. The Kier molecular flexibility index (Phi) is 6.71. The Bertz CT molecular complexity index is 1120. The summed E-state index contributed by atoms with van der Waals surface area (Å²) in [5.74, 6) is 0.797. The molecule has 9 nitrogen and oxygen atoms in total. The minimum Gasteiger partial charge on any atom is -0.380 e. The van der Waals surface area contributed by atoms with Gasteiger partial charge in [-0.15, -0.1) is 0 Å². The standard InChI is InChI=1S/C24H32N6O3S/c31-24(30-13-12-25-16-22(30)17-4-2-1-3-5-17)18-6-8-19(9-7-18)29-34(32,33)20-14-21-23(28-15-20)27-11-10-26-21/h1-5,14-15,18-19,22,25-26,29H,6-13,16H2,(H,27,28). The van der Waals surface area contributed by atoms with Crippen LogP contribution in [0.5, 0.6) is 0 Å². The van der Waals surface area contributed by atoms with Crippen LogP contribution in [0.3, 0.4) is 0 Å². The summed E-state index contributed by atoms with van der Waals surface area (Å²) in [6, 6.07) is 11.6. The van der Waals surface area contributed by atoms with Gasteiger partial charge in [-0.25, -0.2) is 18.1 Å². The molecule has 4 N–H and O–H groups in total. The third-order valence-corrected chi connectivity index (χ3v) is 8.50. The third-order valence-electron chi connectivity index (χ3n) is 7.01. The van der Waals surface area contributed by atoms with E-state index in [9.17, 15) is 13.2 Å². The first-order valence-corrected chi connectivity index (χ1v) is 13.6. The van der Waals surface area contributed by atoms with E-state index in [1.54, 1.807) is 6.07 Å². The van der Waals surface area contributed by atoms with E-state index in [2.05, 4.69) is 37.8 Å². The van der Waals surface area contributed by atoms with Crippen LogP contribution in [-0.4, -0.2) is 63.0 Å². The summed E-state index contributed by atoms with van der Waals surface area (Å²) in [7, 11) is -3.68. The van der Waals surface area contributed by atoms with Gasteiger partial charge >= 0.3 is 0 Å². The van der Waals surface area contributed by atoms with E-state index in [0.717, 1.165) is 31.7 Å². The molecule has 2 aromatic rings. The molecule has 5 rings (SSSR count). The minimum atomic E-state index is -3.68. The second-order valence-corrected chi connectivity index (χ2v) is 11.0. The number of pyridine rings is 1. The summed E-state index contributed by atoms with van der Waals surface area (Å²) in [6.45, 7) is 3.72. The van der Waals surface area contributed by atoms with Crippen molar-refractivity contribution >= 4 is 27.4 Å². The lowest BCUT2D eigenvalue weighted by molar-refractivity contribution is -0.140. The van der Waals surface area contributed by atoms with Crippen LogP contribution in [0, 0.1) is 5.92 Å². The Balaban J connectivity index is 1.20. The lowest BCUT2D eigenvalue weighted by atomic mass is 9.85. The fourth-order valence-corrected chi connectivity index (χ4v) is 6.44. The molecule has 10 heteroatoms. The number of anilines is 2. The lowest BCUT2D eigenvalue weighted by Crippen LogP contribution is -2.51. The molecule has 1 unspecified atom stereocenters. The van der Waals surface area contributed by atoms with Gasteiger partial charge in [-0.2, -0.15) is 0 Å². The topological polar surface area (TPSA) is 115 Å². The van der Waals surface area contributed by atoms with Crippen molar-refractivity contribution in [3.05, 3.63) is 48.2 Å². The summed E-state index contributed by atoms with van der Waals surface area (Å²) in [4.78, 5) is 19.8. The molecule has 34 heavy (non-hydrogen) atoms. The van der Waals surface area contributed by atoms with Crippen molar-refractivity contribution < 1.29 is 13.2 Å². The summed E-state index contributed by atoms with van der Waals surface area (Å²) in [5, 5.41) is 9.73. The normalized spacial score (nSPS) is 25.1. The van der Waals surface area contributed by atoms with Crippen molar-refractivity contribution in [2.24, 2.45) is 5.92 Å². The second-order valence-electron chi connectivity index (χ2n) is 9.25. The van der Waals surface area contributed by atoms with Crippen molar-refractivity contribution in [2.45, 2.75) is 42.7 Å². The molecule has 1 saturated carbocycles. The maximum Gasteiger partial charge on any atom is 0.242 e. The Labute approximate surface area is 200 Å². The minimum absolute atomic E-state index is 0.0401. The average Bonchev–Trinajstić information content (AvgIpc) is 2.89.